The van der Waals surface area contributed by atoms with Gasteiger partial charge in [0.1, 0.15) is 5.75 Å². The number of benzene rings is 2. The van der Waals surface area contributed by atoms with Crippen molar-refractivity contribution in [2.45, 2.75) is 6.42 Å². The van der Waals surface area contributed by atoms with Crippen LogP contribution in [0.3, 0.4) is 0 Å². The lowest BCUT2D eigenvalue weighted by molar-refractivity contribution is -0.123. The van der Waals surface area contributed by atoms with E-state index in [1.807, 2.05) is 0 Å². The van der Waals surface area contributed by atoms with Crippen LogP contribution in [-0.4, -0.2) is 24.8 Å². The first-order valence-corrected chi connectivity index (χ1v) is 9.68. The van der Waals surface area contributed by atoms with Gasteiger partial charge in [-0.25, -0.2) is 4.90 Å². The fourth-order valence-electron chi connectivity index (χ4n) is 4.82. The Bertz CT molecular complexity index is 1010. The summed E-state index contributed by atoms with van der Waals surface area (Å²) in [6, 6.07) is 13.7. The SMILES string of the molecule is COc1ccc(NC(=O)c2cccc(N3C(=O)[C@H]4[C@H](C3=O)[C@H]3C=C[C@H]4C3)c2)cc1. The number of nitrogens with zero attached hydrogens (tertiary/aromatic N) is 1. The van der Waals surface area contributed by atoms with Gasteiger partial charge in [-0.05, 0) is 60.7 Å². The number of carbonyl (C=O) groups is 3. The molecule has 29 heavy (non-hydrogen) atoms. The standard InChI is InChI=1S/C23H20N2O4/c1-29-18-9-7-16(8-10-18)24-21(26)15-3-2-4-17(12-15)25-22(27)19-13-5-6-14(11-13)20(19)23(25)28/h2-10,12-14,19-20H,11H2,1H3,(H,24,26)/t13-,14-,19+,20+/m0/s1. The molecule has 6 heteroatoms. The zero-order valence-electron chi connectivity index (χ0n) is 15.9. The summed E-state index contributed by atoms with van der Waals surface area (Å²) in [5.74, 6) is -0.0956. The molecule has 146 valence electrons. The van der Waals surface area contributed by atoms with Crippen molar-refractivity contribution in [3.05, 3.63) is 66.2 Å². The predicted molar refractivity (Wildman–Crippen MR) is 108 cm³/mol. The van der Waals surface area contributed by atoms with Gasteiger partial charge >= 0.3 is 0 Å². The Kier molecular flexibility index (Phi) is 4.01. The van der Waals surface area contributed by atoms with Crippen LogP contribution in [-0.2, 0) is 9.59 Å². The average molecular weight is 388 g/mol. The van der Waals surface area contributed by atoms with Crippen LogP contribution in [0.15, 0.2) is 60.7 Å². The summed E-state index contributed by atoms with van der Waals surface area (Å²) >= 11 is 0. The number of fused-ring (bicyclic) bond motifs is 5. The Morgan fingerprint density at radius 3 is 2.28 bits per heavy atom. The van der Waals surface area contributed by atoms with Gasteiger partial charge in [-0.2, -0.15) is 0 Å². The summed E-state index contributed by atoms with van der Waals surface area (Å²) in [5, 5.41) is 2.82. The van der Waals surface area contributed by atoms with Gasteiger partial charge in [0, 0.05) is 11.3 Å². The third-order valence-electron chi connectivity index (χ3n) is 6.18. The molecule has 0 unspecified atom stereocenters. The van der Waals surface area contributed by atoms with Crippen LogP contribution in [0, 0.1) is 23.7 Å². The number of hydrogen-bond acceptors (Lipinski definition) is 4. The highest BCUT2D eigenvalue weighted by Crippen LogP contribution is 2.53. The van der Waals surface area contributed by atoms with Crippen LogP contribution < -0.4 is 15.0 Å². The molecule has 1 heterocycles. The number of hydrogen-bond donors (Lipinski definition) is 1. The topological polar surface area (TPSA) is 75.7 Å². The van der Waals surface area contributed by atoms with Crippen molar-refractivity contribution in [1.82, 2.24) is 0 Å². The van der Waals surface area contributed by atoms with Crippen LogP contribution in [0.5, 0.6) is 5.75 Å². The number of ether oxygens (including phenoxy) is 1. The van der Waals surface area contributed by atoms with Crippen molar-refractivity contribution >= 4 is 29.1 Å². The fraction of sp³-hybridized carbons (Fsp3) is 0.261. The number of imide groups is 1. The monoisotopic (exact) mass is 388 g/mol. The van der Waals surface area contributed by atoms with Crippen LogP contribution in [0.4, 0.5) is 11.4 Å². The molecule has 4 atom stereocenters. The van der Waals surface area contributed by atoms with Crippen LogP contribution in [0.2, 0.25) is 0 Å². The minimum absolute atomic E-state index is 0.149. The first-order chi connectivity index (χ1) is 14.1. The summed E-state index contributed by atoms with van der Waals surface area (Å²) in [6.07, 6.45) is 5.03. The lowest BCUT2D eigenvalue weighted by Gasteiger charge is -2.18. The van der Waals surface area contributed by atoms with Crippen molar-refractivity contribution in [1.29, 1.82) is 0 Å². The zero-order valence-corrected chi connectivity index (χ0v) is 15.9. The maximum absolute atomic E-state index is 13.0. The Labute approximate surface area is 168 Å². The molecule has 2 aromatic rings. The second kappa shape index (κ2) is 6.58. The van der Waals surface area contributed by atoms with E-state index in [-0.39, 0.29) is 41.4 Å². The maximum Gasteiger partial charge on any atom is 0.255 e. The van der Waals surface area contributed by atoms with Gasteiger partial charge in [0.15, 0.2) is 0 Å². The molecule has 0 spiro atoms. The van der Waals surface area contributed by atoms with Crippen molar-refractivity contribution in [2.75, 3.05) is 17.3 Å². The average Bonchev–Trinajstić information content (AvgIpc) is 3.42. The lowest BCUT2D eigenvalue weighted by atomic mass is 9.85. The van der Waals surface area contributed by atoms with Crippen molar-refractivity contribution < 1.29 is 19.1 Å². The lowest BCUT2D eigenvalue weighted by Crippen LogP contribution is -2.33. The Hall–Kier alpha value is -3.41. The fourth-order valence-corrected chi connectivity index (χ4v) is 4.82. The van der Waals surface area contributed by atoms with Crippen molar-refractivity contribution in [2.24, 2.45) is 23.7 Å². The van der Waals surface area contributed by atoms with E-state index in [0.29, 0.717) is 22.7 Å². The van der Waals surface area contributed by atoms with Gasteiger partial charge in [0.05, 0.1) is 24.6 Å². The third-order valence-corrected chi connectivity index (χ3v) is 6.18. The molecule has 2 bridgehead atoms. The van der Waals surface area contributed by atoms with Gasteiger partial charge in [-0.15, -0.1) is 0 Å². The minimum Gasteiger partial charge on any atom is -0.497 e. The smallest absolute Gasteiger partial charge is 0.255 e. The molecule has 2 fully saturated rings. The van der Waals surface area contributed by atoms with Gasteiger partial charge in [0.2, 0.25) is 11.8 Å². The minimum atomic E-state index is -0.307. The van der Waals surface area contributed by atoms with Crippen molar-refractivity contribution in [3.63, 3.8) is 0 Å². The summed E-state index contributed by atoms with van der Waals surface area (Å²) in [4.78, 5) is 39.9. The molecule has 2 aliphatic carbocycles. The molecule has 5 rings (SSSR count). The molecule has 0 radical (unpaired) electrons. The number of anilines is 2. The predicted octanol–water partition coefficient (Wildman–Crippen LogP) is 3.26. The number of carbonyl (C=O) groups excluding carboxylic acids is 3. The Morgan fingerprint density at radius 2 is 1.66 bits per heavy atom. The molecule has 1 saturated heterocycles. The highest BCUT2D eigenvalue weighted by molar-refractivity contribution is 6.23. The maximum atomic E-state index is 13.0. The van der Waals surface area contributed by atoms with Crippen LogP contribution in [0.1, 0.15) is 16.8 Å². The Morgan fingerprint density at radius 1 is 1.00 bits per heavy atom. The summed E-state index contributed by atoms with van der Waals surface area (Å²) < 4.78 is 5.12. The highest BCUT2D eigenvalue weighted by atomic mass is 16.5. The van der Waals surface area contributed by atoms with Gasteiger partial charge < -0.3 is 10.1 Å². The van der Waals surface area contributed by atoms with E-state index in [2.05, 4.69) is 17.5 Å². The molecule has 1 saturated carbocycles. The molecule has 0 aromatic heterocycles. The van der Waals surface area contributed by atoms with E-state index in [1.165, 1.54) is 4.90 Å². The highest BCUT2D eigenvalue weighted by Gasteiger charge is 2.59. The van der Waals surface area contributed by atoms with Crippen LogP contribution >= 0.6 is 0 Å². The largest absolute Gasteiger partial charge is 0.497 e. The number of nitrogens with one attached hydrogen (secondary N) is 1. The molecule has 2 aromatic carbocycles. The normalized spacial score (nSPS) is 26.7. The van der Waals surface area contributed by atoms with Crippen molar-refractivity contribution in [3.8, 4) is 5.75 Å². The molecule has 1 aliphatic heterocycles. The van der Waals surface area contributed by atoms with E-state index < -0.39 is 0 Å². The van der Waals surface area contributed by atoms with Gasteiger partial charge in [0.25, 0.3) is 5.91 Å². The summed E-state index contributed by atoms with van der Waals surface area (Å²) in [7, 11) is 1.58. The first kappa shape index (κ1) is 17.7. The number of allylic oxidation sites excluding steroid dienone is 2. The van der Waals surface area contributed by atoms with Crippen LogP contribution in [0.25, 0.3) is 0 Å². The quantitative estimate of drug-likeness (QED) is 0.644. The number of amides is 3. The second-order valence-corrected chi connectivity index (χ2v) is 7.74. The molecule has 1 N–H and O–H groups in total. The van der Waals surface area contributed by atoms with Gasteiger partial charge in [-0.1, -0.05) is 18.2 Å². The van der Waals surface area contributed by atoms with E-state index in [4.69, 9.17) is 4.74 Å². The second-order valence-electron chi connectivity index (χ2n) is 7.74. The molecule has 3 aliphatic rings. The molecule has 6 nitrogen and oxygen atoms in total. The van der Waals surface area contributed by atoms with E-state index >= 15 is 0 Å². The number of methoxy groups -OCH3 is 1. The third kappa shape index (κ3) is 2.75. The molecule has 3 amide bonds. The van der Waals surface area contributed by atoms with E-state index in [0.717, 1.165) is 6.42 Å². The summed E-state index contributed by atoms with van der Waals surface area (Å²) in [6.45, 7) is 0. The van der Waals surface area contributed by atoms with E-state index in [1.54, 1.807) is 55.6 Å². The van der Waals surface area contributed by atoms with E-state index in [9.17, 15) is 14.4 Å². The van der Waals surface area contributed by atoms with Gasteiger partial charge in [-0.3, -0.25) is 14.4 Å². The zero-order chi connectivity index (χ0) is 20.1. The molecular weight excluding hydrogens is 368 g/mol. The number of rotatable bonds is 4. The Balaban J connectivity index is 1.38. The molecular formula is C23H20N2O4. The summed E-state index contributed by atoms with van der Waals surface area (Å²) in [5.41, 5.74) is 1.47. The first-order valence-electron chi connectivity index (χ1n) is 9.68.